The Bertz CT molecular complexity index is 376. The fourth-order valence-electron chi connectivity index (χ4n) is 2.13. The largest absolute Gasteiger partial charge is 0.380 e. The van der Waals surface area contributed by atoms with Crippen LogP contribution < -0.4 is 5.32 Å². The van der Waals surface area contributed by atoms with Crippen molar-refractivity contribution in [2.75, 3.05) is 7.11 Å². The summed E-state index contributed by atoms with van der Waals surface area (Å²) >= 11 is 0. The molecule has 0 aliphatic carbocycles. The highest BCUT2D eigenvalue weighted by atomic mass is 16.5. The van der Waals surface area contributed by atoms with E-state index in [1.807, 2.05) is 6.07 Å². The molecular weight excluding hydrogens is 202 g/mol. The third kappa shape index (κ3) is 2.83. The lowest BCUT2D eigenvalue weighted by Crippen LogP contribution is -2.27. The molecule has 3 nitrogen and oxygen atoms in total. The standard InChI is InChI=1S/C13H17NO2/c1-16-9-11-4-2-3-10(7-11)8-12-5-6-13(15)14-12/h2-4,7,12H,5-6,8-9H2,1H3,(H,14,15). The molecule has 1 aliphatic heterocycles. The number of carbonyl (C=O) groups is 1. The number of nitrogens with one attached hydrogen (secondary N) is 1. The molecule has 1 atom stereocenters. The van der Waals surface area contributed by atoms with E-state index < -0.39 is 0 Å². The fraction of sp³-hybridized carbons (Fsp3) is 0.462. The van der Waals surface area contributed by atoms with E-state index in [2.05, 4.69) is 23.5 Å². The average Bonchev–Trinajstić information content (AvgIpc) is 2.65. The monoisotopic (exact) mass is 219 g/mol. The lowest BCUT2D eigenvalue weighted by Gasteiger charge is -2.10. The van der Waals surface area contributed by atoms with Crippen LogP contribution >= 0.6 is 0 Å². The molecule has 3 heteroatoms. The number of rotatable bonds is 4. The van der Waals surface area contributed by atoms with Gasteiger partial charge in [-0.2, -0.15) is 0 Å². The topological polar surface area (TPSA) is 38.3 Å². The van der Waals surface area contributed by atoms with E-state index in [4.69, 9.17) is 4.74 Å². The lowest BCUT2D eigenvalue weighted by atomic mass is 10.0. The average molecular weight is 219 g/mol. The summed E-state index contributed by atoms with van der Waals surface area (Å²) in [6, 6.07) is 8.66. The molecule has 86 valence electrons. The van der Waals surface area contributed by atoms with Crippen molar-refractivity contribution < 1.29 is 9.53 Å². The van der Waals surface area contributed by atoms with Crippen molar-refractivity contribution in [1.29, 1.82) is 0 Å². The van der Waals surface area contributed by atoms with Crippen LogP contribution in [0.4, 0.5) is 0 Å². The molecule has 0 saturated carbocycles. The first-order valence-corrected chi connectivity index (χ1v) is 5.64. The molecule has 1 heterocycles. The Balaban J connectivity index is 1.98. The molecule has 0 aromatic heterocycles. The van der Waals surface area contributed by atoms with Crippen LogP contribution in [0, 0.1) is 0 Å². The highest BCUT2D eigenvalue weighted by Gasteiger charge is 2.20. The van der Waals surface area contributed by atoms with Crippen LogP contribution in [0.1, 0.15) is 24.0 Å². The Hall–Kier alpha value is -1.35. The van der Waals surface area contributed by atoms with Gasteiger partial charge >= 0.3 is 0 Å². The Morgan fingerprint density at radius 2 is 2.25 bits per heavy atom. The number of carbonyl (C=O) groups excluding carboxylic acids is 1. The van der Waals surface area contributed by atoms with Gasteiger partial charge in [-0.25, -0.2) is 0 Å². The minimum atomic E-state index is 0.179. The molecule has 1 N–H and O–H groups in total. The number of amides is 1. The van der Waals surface area contributed by atoms with E-state index in [0.29, 0.717) is 19.1 Å². The van der Waals surface area contributed by atoms with Gasteiger partial charge in [0.1, 0.15) is 0 Å². The summed E-state index contributed by atoms with van der Waals surface area (Å²) in [5.41, 5.74) is 2.45. The molecule has 1 fully saturated rings. The fourth-order valence-corrected chi connectivity index (χ4v) is 2.13. The Morgan fingerprint density at radius 1 is 1.44 bits per heavy atom. The molecule has 0 radical (unpaired) electrons. The third-order valence-electron chi connectivity index (χ3n) is 2.87. The van der Waals surface area contributed by atoms with Crippen molar-refractivity contribution in [1.82, 2.24) is 5.32 Å². The van der Waals surface area contributed by atoms with Crippen molar-refractivity contribution >= 4 is 5.91 Å². The molecule has 1 amide bonds. The summed E-state index contributed by atoms with van der Waals surface area (Å²) < 4.78 is 5.10. The first-order chi connectivity index (χ1) is 7.78. The summed E-state index contributed by atoms with van der Waals surface area (Å²) in [6.07, 6.45) is 2.54. The van der Waals surface area contributed by atoms with Crippen molar-refractivity contribution in [2.45, 2.75) is 31.9 Å². The molecule has 2 rings (SSSR count). The summed E-state index contributed by atoms with van der Waals surface area (Å²) in [6.45, 7) is 0.644. The Labute approximate surface area is 95.8 Å². The van der Waals surface area contributed by atoms with Crippen LogP contribution in [0.5, 0.6) is 0 Å². The second-order valence-corrected chi connectivity index (χ2v) is 4.26. The molecule has 0 bridgehead atoms. The van der Waals surface area contributed by atoms with Gasteiger partial charge in [0.2, 0.25) is 5.91 Å². The number of hydrogen-bond donors (Lipinski definition) is 1. The van der Waals surface area contributed by atoms with Crippen LogP contribution in [-0.2, 0) is 22.6 Å². The summed E-state index contributed by atoms with van der Waals surface area (Å²) in [5, 5.41) is 2.98. The van der Waals surface area contributed by atoms with Crippen molar-refractivity contribution in [2.24, 2.45) is 0 Å². The van der Waals surface area contributed by atoms with E-state index in [-0.39, 0.29) is 5.91 Å². The summed E-state index contributed by atoms with van der Waals surface area (Å²) in [5.74, 6) is 0.179. The van der Waals surface area contributed by atoms with Crippen LogP contribution in [0.3, 0.4) is 0 Å². The first kappa shape index (κ1) is 11.1. The van der Waals surface area contributed by atoms with E-state index >= 15 is 0 Å². The maximum Gasteiger partial charge on any atom is 0.220 e. The Kier molecular flexibility index (Phi) is 3.57. The highest BCUT2D eigenvalue weighted by molar-refractivity contribution is 5.78. The SMILES string of the molecule is COCc1cccc(CC2CCC(=O)N2)c1. The predicted octanol–water partition coefficient (Wildman–Crippen LogP) is 1.65. The molecule has 1 saturated heterocycles. The molecule has 16 heavy (non-hydrogen) atoms. The van der Waals surface area contributed by atoms with Crippen molar-refractivity contribution in [3.05, 3.63) is 35.4 Å². The molecule has 1 aromatic rings. The van der Waals surface area contributed by atoms with E-state index in [0.717, 1.165) is 12.8 Å². The van der Waals surface area contributed by atoms with E-state index in [1.54, 1.807) is 7.11 Å². The molecular formula is C13H17NO2. The van der Waals surface area contributed by atoms with E-state index in [9.17, 15) is 4.79 Å². The molecule has 1 aromatic carbocycles. The quantitative estimate of drug-likeness (QED) is 0.836. The van der Waals surface area contributed by atoms with Gasteiger partial charge in [0.15, 0.2) is 0 Å². The van der Waals surface area contributed by atoms with Crippen LogP contribution in [-0.4, -0.2) is 19.1 Å². The lowest BCUT2D eigenvalue weighted by molar-refractivity contribution is -0.119. The van der Waals surface area contributed by atoms with Gasteiger partial charge < -0.3 is 10.1 Å². The van der Waals surface area contributed by atoms with Crippen molar-refractivity contribution in [3.8, 4) is 0 Å². The van der Waals surface area contributed by atoms with Crippen molar-refractivity contribution in [3.63, 3.8) is 0 Å². The second-order valence-electron chi connectivity index (χ2n) is 4.26. The van der Waals surface area contributed by atoms with E-state index in [1.165, 1.54) is 11.1 Å². The number of hydrogen-bond acceptors (Lipinski definition) is 2. The normalized spacial score (nSPS) is 19.8. The van der Waals surface area contributed by atoms with Gasteiger partial charge in [-0.15, -0.1) is 0 Å². The third-order valence-corrected chi connectivity index (χ3v) is 2.87. The van der Waals surface area contributed by atoms with Gasteiger partial charge in [0.05, 0.1) is 6.61 Å². The predicted molar refractivity (Wildman–Crippen MR) is 62.0 cm³/mol. The minimum Gasteiger partial charge on any atom is -0.380 e. The molecule has 0 spiro atoms. The van der Waals surface area contributed by atoms with Gasteiger partial charge in [-0.3, -0.25) is 4.79 Å². The molecule has 1 aliphatic rings. The van der Waals surface area contributed by atoms with Gasteiger partial charge in [-0.05, 0) is 24.0 Å². The van der Waals surface area contributed by atoms with Crippen LogP contribution in [0.15, 0.2) is 24.3 Å². The zero-order valence-electron chi connectivity index (χ0n) is 9.53. The number of methoxy groups -OCH3 is 1. The number of ether oxygens (including phenoxy) is 1. The van der Waals surface area contributed by atoms with Crippen LogP contribution in [0.2, 0.25) is 0 Å². The minimum absolute atomic E-state index is 0.179. The second kappa shape index (κ2) is 5.12. The van der Waals surface area contributed by atoms with Gasteiger partial charge in [0.25, 0.3) is 0 Å². The summed E-state index contributed by atoms with van der Waals surface area (Å²) in [7, 11) is 1.70. The zero-order chi connectivity index (χ0) is 11.4. The van der Waals surface area contributed by atoms with Gasteiger partial charge in [0, 0.05) is 19.6 Å². The highest BCUT2D eigenvalue weighted by Crippen LogP contribution is 2.14. The zero-order valence-corrected chi connectivity index (χ0v) is 9.53. The van der Waals surface area contributed by atoms with Crippen LogP contribution in [0.25, 0.3) is 0 Å². The Morgan fingerprint density at radius 3 is 2.94 bits per heavy atom. The summed E-state index contributed by atoms with van der Waals surface area (Å²) in [4.78, 5) is 11.1. The smallest absolute Gasteiger partial charge is 0.220 e. The first-order valence-electron chi connectivity index (χ1n) is 5.64. The maximum absolute atomic E-state index is 11.1. The van der Waals surface area contributed by atoms with Gasteiger partial charge in [-0.1, -0.05) is 24.3 Å². The number of benzene rings is 1. The maximum atomic E-state index is 11.1. The molecule has 1 unspecified atom stereocenters.